The van der Waals surface area contributed by atoms with Crippen molar-refractivity contribution >= 4 is 49.7 Å². The second-order valence-corrected chi connectivity index (χ2v) is 8.84. The number of anilines is 1. The maximum Gasteiger partial charge on any atom is 0.354 e. The normalized spacial score (nSPS) is 14.8. The average Bonchev–Trinajstić information content (AvgIpc) is 3.36. The first kappa shape index (κ1) is 18.0. The van der Waals surface area contributed by atoms with Crippen LogP contribution in [0.3, 0.4) is 0 Å². The Kier molecular flexibility index (Phi) is 4.57. The fraction of sp³-hybridized carbons (Fsp3) is 0.143. The summed E-state index contributed by atoms with van der Waals surface area (Å²) in [6, 6.07) is 15.2. The van der Waals surface area contributed by atoms with E-state index in [1.807, 2.05) is 30.3 Å². The molecule has 8 heteroatoms. The summed E-state index contributed by atoms with van der Waals surface area (Å²) in [5.74, 6) is -1.02. The number of thiophene rings is 1. The van der Waals surface area contributed by atoms with Crippen molar-refractivity contribution < 1.29 is 9.90 Å². The van der Waals surface area contributed by atoms with Gasteiger partial charge in [0.25, 0.3) is 0 Å². The number of rotatable bonds is 4. The van der Waals surface area contributed by atoms with Crippen molar-refractivity contribution in [2.24, 2.45) is 5.10 Å². The van der Waals surface area contributed by atoms with Crippen molar-refractivity contribution in [1.82, 2.24) is 9.97 Å². The van der Waals surface area contributed by atoms with Gasteiger partial charge >= 0.3 is 5.97 Å². The van der Waals surface area contributed by atoms with Gasteiger partial charge in [0.05, 0.1) is 26.5 Å². The van der Waals surface area contributed by atoms with E-state index in [4.69, 9.17) is 0 Å². The number of fused-ring (bicyclic) bond motifs is 2. The van der Waals surface area contributed by atoms with Gasteiger partial charge in [0, 0.05) is 10.4 Å². The monoisotopic (exact) mass is 420 g/mol. The number of thiazole rings is 1. The zero-order valence-electron chi connectivity index (χ0n) is 15.3. The number of hydrogen-bond acceptors (Lipinski definition) is 7. The number of hydrazone groups is 1. The van der Waals surface area contributed by atoms with Crippen LogP contribution < -0.4 is 5.43 Å². The lowest BCUT2D eigenvalue weighted by Gasteiger charge is -2.13. The summed E-state index contributed by atoms with van der Waals surface area (Å²) in [5, 5.41) is 14.6. The fourth-order valence-corrected chi connectivity index (χ4v) is 5.38. The second kappa shape index (κ2) is 7.38. The predicted octanol–water partition coefficient (Wildman–Crippen LogP) is 5.27. The summed E-state index contributed by atoms with van der Waals surface area (Å²) in [4.78, 5) is 22.3. The SMILES string of the molecule is O=C(O)c1cccc(-c2cc3c(s2)CCC/C3=N\Nc2nc3ccccc3s2)n1. The molecule has 3 heterocycles. The molecule has 29 heavy (non-hydrogen) atoms. The van der Waals surface area contributed by atoms with E-state index in [2.05, 4.69) is 26.6 Å². The van der Waals surface area contributed by atoms with Gasteiger partial charge in [0.15, 0.2) is 0 Å². The molecule has 2 N–H and O–H groups in total. The molecule has 0 atom stereocenters. The van der Waals surface area contributed by atoms with Crippen LogP contribution in [0.1, 0.15) is 33.8 Å². The molecule has 1 aliphatic rings. The summed E-state index contributed by atoms with van der Waals surface area (Å²) < 4.78 is 1.13. The first-order chi connectivity index (χ1) is 14.2. The first-order valence-corrected chi connectivity index (χ1v) is 10.8. The van der Waals surface area contributed by atoms with E-state index in [0.717, 1.165) is 50.8 Å². The van der Waals surface area contributed by atoms with Gasteiger partial charge < -0.3 is 5.11 Å². The highest BCUT2D eigenvalue weighted by molar-refractivity contribution is 7.22. The zero-order valence-corrected chi connectivity index (χ0v) is 16.9. The molecule has 1 aromatic carbocycles. The first-order valence-electron chi connectivity index (χ1n) is 9.19. The Hall–Kier alpha value is -3.10. The Balaban J connectivity index is 1.45. The molecule has 4 aromatic rings. The van der Waals surface area contributed by atoms with Crippen LogP contribution in [-0.2, 0) is 6.42 Å². The molecular formula is C21H16N4O2S2. The van der Waals surface area contributed by atoms with Gasteiger partial charge in [-0.1, -0.05) is 29.5 Å². The minimum atomic E-state index is -1.02. The van der Waals surface area contributed by atoms with Gasteiger partial charge in [0.1, 0.15) is 5.69 Å². The number of aromatic nitrogens is 2. The number of pyridine rings is 1. The van der Waals surface area contributed by atoms with Gasteiger partial charge in [-0.05, 0) is 49.6 Å². The predicted molar refractivity (Wildman–Crippen MR) is 117 cm³/mol. The minimum absolute atomic E-state index is 0.0558. The number of carbonyl (C=O) groups is 1. The molecule has 0 amide bonds. The summed E-state index contributed by atoms with van der Waals surface area (Å²) in [6.07, 6.45) is 2.93. The third kappa shape index (κ3) is 3.52. The fourth-order valence-electron chi connectivity index (χ4n) is 3.38. The van der Waals surface area contributed by atoms with Gasteiger partial charge in [-0.25, -0.2) is 14.8 Å². The number of hydrogen-bond donors (Lipinski definition) is 2. The molecular weight excluding hydrogens is 404 g/mol. The number of nitrogens with one attached hydrogen (secondary N) is 1. The van der Waals surface area contributed by atoms with Crippen molar-refractivity contribution in [3.63, 3.8) is 0 Å². The number of carboxylic acid groups (broad SMARTS) is 1. The second-order valence-electron chi connectivity index (χ2n) is 6.67. The number of benzene rings is 1. The molecule has 144 valence electrons. The van der Waals surface area contributed by atoms with E-state index in [9.17, 15) is 9.90 Å². The van der Waals surface area contributed by atoms with Crippen molar-refractivity contribution in [3.05, 3.63) is 64.7 Å². The summed E-state index contributed by atoms with van der Waals surface area (Å²) in [6.45, 7) is 0. The highest BCUT2D eigenvalue weighted by Crippen LogP contribution is 2.35. The van der Waals surface area contributed by atoms with Crippen LogP contribution in [0.4, 0.5) is 5.13 Å². The van der Waals surface area contributed by atoms with Gasteiger partial charge in [-0.3, -0.25) is 5.43 Å². The Bertz CT molecular complexity index is 1230. The van der Waals surface area contributed by atoms with E-state index in [1.165, 1.54) is 10.9 Å². The molecule has 1 aliphatic carbocycles. The molecule has 3 aromatic heterocycles. The maximum atomic E-state index is 11.2. The third-order valence-corrected chi connectivity index (χ3v) is 6.90. The van der Waals surface area contributed by atoms with E-state index in [0.29, 0.717) is 5.69 Å². The van der Waals surface area contributed by atoms with Crippen LogP contribution in [0.5, 0.6) is 0 Å². The molecule has 0 spiro atoms. The van der Waals surface area contributed by atoms with Crippen LogP contribution in [0.25, 0.3) is 20.8 Å². The molecule has 0 saturated carbocycles. The molecule has 6 nitrogen and oxygen atoms in total. The van der Waals surface area contributed by atoms with Crippen molar-refractivity contribution in [2.45, 2.75) is 19.3 Å². The molecule has 0 aliphatic heterocycles. The molecule has 5 rings (SSSR count). The van der Waals surface area contributed by atoms with E-state index >= 15 is 0 Å². The van der Waals surface area contributed by atoms with Crippen LogP contribution in [0.2, 0.25) is 0 Å². The van der Waals surface area contributed by atoms with Crippen LogP contribution in [0, 0.1) is 0 Å². The highest BCUT2D eigenvalue weighted by Gasteiger charge is 2.21. The van der Waals surface area contributed by atoms with E-state index < -0.39 is 5.97 Å². The molecule has 0 bridgehead atoms. The average molecular weight is 421 g/mol. The zero-order chi connectivity index (χ0) is 19.8. The minimum Gasteiger partial charge on any atom is -0.477 e. The lowest BCUT2D eigenvalue weighted by atomic mass is 9.97. The highest BCUT2D eigenvalue weighted by atomic mass is 32.1. The van der Waals surface area contributed by atoms with Gasteiger partial charge in [0.2, 0.25) is 5.13 Å². The standard InChI is InChI=1S/C21H16N4O2S2/c26-20(27)16-8-3-7-15(22-16)19-11-12-13(6-4-10-17(12)28-19)24-25-21-23-14-5-1-2-9-18(14)29-21/h1-3,5,7-9,11H,4,6,10H2,(H,23,25)(H,26,27)/b24-13+. The van der Waals surface area contributed by atoms with Crippen molar-refractivity contribution in [1.29, 1.82) is 0 Å². The van der Waals surface area contributed by atoms with Gasteiger partial charge in [-0.2, -0.15) is 5.10 Å². The lowest BCUT2D eigenvalue weighted by molar-refractivity contribution is 0.0690. The smallest absolute Gasteiger partial charge is 0.354 e. The third-order valence-electron chi connectivity index (χ3n) is 4.74. The van der Waals surface area contributed by atoms with Crippen LogP contribution in [-0.4, -0.2) is 26.8 Å². The summed E-state index contributed by atoms with van der Waals surface area (Å²) >= 11 is 3.24. The molecule has 0 unspecified atom stereocenters. The number of aromatic carboxylic acids is 1. The molecule has 0 saturated heterocycles. The summed E-state index contributed by atoms with van der Waals surface area (Å²) in [5.41, 5.74) is 6.95. The molecule has 0 fully saturated rings. The van der Waals surface area contributed by atoms with Gasteiger partial charge in [-0.15, -0.1) is 11.3 Å². The Morgan fingerprint density at radius 3 is 2.83 bits per heavy atom. The number of nitrogens with zero attached hydrogens (tertiary/aromatic N) is 3. The van der Waals surface area contributed by atoms with E-state index in [1.54, 1.807) is 28.7 Å². The van der Waals surface area contributed by atoms with Crippen LogP contribution >= 0.6 is 22.7 Å². The summed E-state index contributed by atoms with van der Waals surface area (Å²) in [7, 11) is 0. The Morgan fingerprint density at radius 1 is 1.07 bits per heavy atom. The van der Waals surface area contributed by atoms with Crippen molar-refractivity contribution in [3.8, 4) is 10.6 Å². The quantitative estimate of drug-likeness (QED) is 0.439. The lowest BCUT2D eigenvalue weighted by Crippen LogP contribution is -2.11. The largest absolute Gasteiger partial charge is 0.477 e. The Labute approximate surface area is 174 Å². The van der Waals surface area contributed by atoms with E-state index in [-0.39, 0.29) is 5.69 Å². The van der Waals surface area contributed by atoms with Crippen molar-refractivity contribution in [2.75, 3.05) is 5.43 Å². The topological polar surface area (TPSA) is 87.5 Å². The number of para-hydroxylation sites is 1. The van der Waals surface area contributed by atoms with Crippen LogP contribution in [0.15, 0.2) is 53.6 Å². The maximum absolute atomic E-state index is 11.2. The number of aryl methyl sites for hydroxylation is 1. The number of carboxylic acids is 1. The molecule has 0 radical (unpaired) electrons. The Morgan fingerprint density at radius 2 is 1.97 bits per heavy atom.